The molecule has 1 aliphatic heterocycles. The standard InChI is InChI=1S/C32H42N8O2/c1-20(2)30-37-36-28-13-10-22(19-39(28)30)42-26-12-11-25(23-8-6-7-9-24(23)26)34-31(41)35-29-18-27(32(3,4)5)38-40(29)21-14-16-33-17-15-21/h6-10,13,18-21,25-26,33H,11-12,14-17H2,1-5H3,(H2,34,35,41)/t25-,26+/m0/s1. The smallest absolute Gasteiger partial charge is 0.320 e. The number of rotatable bonds is 6. The Balaban J connectivity index is 1.19. The molecule has 10 heteroatoms. The first kappa shape index (κ1) is 28.2. The van der Waals surface area contributed by atoms with Crippen LogP contribution in [-0.2, 0) is 5.41 Å². The van der Waals surface area contributed by atoms with E-state index in [1.807, 2.05) is 45.6 Å². The van der Waals surface area contributed by atoms with Crippen molar-refractivity contribution in [3.8, 4) is 5.75 Å². The molecule has 10 nitrogen and oxygen atoms in total. The highest BCUT2D eigenvalue weighted by Crippen LogP contribution is 2.39. The number of amides is 2. The number of piperidine rings is 1. The van der Waals surface area contributed by atoms with Crippen molar-refractivity contribution in [2.45, 2.75) is 89.8 Å². The largest absolute Gasteiger partial charge is 0.484 e. The molecule has 1 saturated heterocycles. The Morgan fingerprint density at radius 1 is 1.02 bits per heavy atom. The fourth-order valence-electron chi connectivity index (χ4n) is 6.03. The van der Waals surface area contributed by atoms with Gasteiger partial charge in [-0.15, -0.1) is 10.2 Å². The number of fused-ring (bicyclic) bond motifs is 2. The Morgan fingerprint density at radius 2 is 1.79 bits per heavy atom. The third kappa shape index (κ3) is 5.72. The van der Waals surface area contributed by atoms with Crippen molar-refractivity contribution in [2.75, 3.05) is 18.4 Å². The van der Waals surface area contributed by atoms with E-state index in [0.717, 1.165) is 78.6 Å². The Hall–Kier alpha value is -3.92. The fourth-order valence-corrected chi connectivity index (χ4v) is 6.03. The van der Waals surface area contributed by atoms with Crippen LogP contribution >= 0.6 is 0 Å². The van der Waals surface area contributed by atoms with Crippen LogP contribution in [0.2, 0.25) is 0 Å². The molecule has 2 atom stereocenters. The summed E-state index contributed by atoms with van der Waals surface area (Å²) in [4.78, 5) is 13.4. The van der Waals surface area contributed by atoms with Gasteiger partial charge in [0.2, 0.25) is 0 Å². The molecular formula is C32H42N8O2. The van der Waals surface area contributed by atoms with Crippen LogP contribution in [0.15, 0.2) is 48.7 Å². The van der Waals surface area contributed by atoms with Gasteiger partial charge in [-0.2, -0.15) is 5.10 Å². The van der Waals surface area contributed by atoms with E-state index < -0.39 is 0 Å². The maximum atomic E-state index is 13.4. The van der Waals surface area contributed by atoms with Gasteiger partial charge in [0.05, 0.1) is 24.0 Å². The minimum atomic E-state index is -0.219. The lowest BCUT2D eigenvalue weighted by molar-refractivity contribution is 0.171. The van der Waals surface area contributed by atoms with Crippen LogP contribution in [0.4, 0.5) is 10.6 Å². The average molecular weight is 571 g/mol. The summed E-state index contributed by atoms with van der Waals surface area (Å²) >= 11 is 0. The van der Waals surface area contributed by atoms with E-state index in [1.54, 1.807) is 0 Å². The van der Waals surface area contributed by atoms with Gasteiger partial charge in [0.15, 0.2) is 5.65 Å². The van der Waals surface area contributed by atoms with Crippen molar-refractivity contribution >= 4 is 17.5 Å². The maximum absolute atomic E-state index is 13.4. The van der Waals surface area contributed by atoms with Gasteiger partial charge in [0, 0.05) is 17.4 Å². The van der Waals surface area contributed by atoms with E-state index in [0.29, 0.717) is 0 Å². The number of hydrogen-bond donors (Lipinski definition) is 3. The minimum absolute atomic E-state index is 0.113. The van der Waals surface area contributed by atoms with Crippen LogP contribution in [0, 0.1) is 0 Å². The number of aromatic nitrogens is 5. The van der Waals surface area contributed by atoms with Gasteiger partial charge in [-0.25, -0.2) is 9.48 Å². The molecule has 1 fully saturated rings. The number of carbonyl (C=O) groups is 1. The molecule has 2 amide bonds. The summed E-state index contributed by atoms with van der Waals surface area (Å²) in [5, 5.41) is 23.4. The van der Waals surface area contributed by atoms with Gasteiger partial charge in [0.1, 0.15) is 23.5 Å². The molecule has 0 unspecified atom stereocenters. The number of nitrogens with one attached hydrogen (secondary N) is 3. The zero-order chi connectivity index (χ0) is 29.4. The normalized spacial score (nSPS) is 19.6. The third-order valence-corrected chi connectivity index (χ3v) is 8.34. The summed E-state index contributed by atoms with van der Waals surface area (Å²) in [5.41, 5.74) is 3.85. The lowest BCUT2D eigenvalue weighted by atomic mass is 9.85. The Kier molecular flexibility index (Phi) is 7.66. The number of urea groups is 1. The van der Waals surface area contributed by atoms with E-state index in [-0.39, 0.29) is 35.6 Å². The van der Waals surface area contributed by atoms with E-state index in [2.05, 4.69) is 72.9 Å². The summed E-state index contributed by atoms with van der Waals surface area (Å²) in [7, 11) is 0. The zero-order valence-corrected chi connectivity index (χ0v) is 25.2. The maximum Gasteiger partial charge on any atom is 0.320 e. The molecular weight excluding hydrogens is 528 g/mol. The molecule has 3 aromatic heterocycles. The molecule has 2 aliphatic rings. The van der Waals surface area contributed by atoms with E-state index in [1.165, 1.54) is 0 Å². The summed E-state index contributed by atoms with van der Waals surface area (Å²) in [6, 6.07) is 14.1. The number of hydrogen-bond acceptors (Lipinski definition) is 6. The quantitative estimate of drug-likeness (QED) is 0.260. The van der Waals surface area contributed by atoms with Gasteiger partial charge in [-0.1, -0.05) is 58.9 Å². The first-order valence-electron chi connectivity index (χ1n) is 15.2. The van der Waals surface area contributed by atoms with Crippen LogP contribution in [0.1, 0.15) is 107 Å². The second kappa shape index (κ2) is 11.4. The second-order valence-electron chi connectivity index (χ2n) is 12.9. The third-order valence-electron chi connectivity index (χ3n) is 8.34. The molecule has 0 bridgehead atoms. The van der Waals surface area contributed by atoms with Crippen LogP contribution in [0.5, 0.6) is 5.75 Å². The number of benzene rings is 1. The number of pyridine rings is 1. The molecule has 4 heterocycles. The van der Waals surface area contributed by atoms with Crippen molar-refractivity contribution in [2.24, 2.45) is 0 Å². The van der Waals surface area contributed by atoms with Crippen molar-refractivity contribution in [1.82, 2.24) is 35.0 Å². The Morgan fingerprint density at radius 3 is 2.52 bits per heavy atom. The monoisotopic (exact) mass is 570 g/mol. The lowest BCUT2D eigenvalue weighted by Crippen LogP contribution is -2.36. The summed E-state index contributed by atoms with van der Waals surface area (Å²) < 4.78 is 10.6. The highest BCUT2D eigenvalue weighted by Gasteiger charge is 2.31. The Labute approximate surface area is 247 Å². The van der Waals surface area contributed by atoms with E-state index in [9.17, 15) is 4.79 Å². The van der Waals surface area contributed by atoms with Crippen LogP contribution < -0.4 is 20.7 Å². The zero-order valence-electron chi connectivity index (χ0n) is 25.2. The summed E-state index contributed by atoms with van der Waals surface area (Å²) in [5.74, 6) is 2.68. The van der Waals surface area contributed by atoms with Gasteiger partial charge in [-0.3, -0.25) is 9.72 Å². The first-order chi connectivity index (χ1) is 20.2. The molecule has 1 aromatic carbocycles. The average Bonchev–Trinajstić information content (AvgIpc) is 3.59. The van der Waals surface area contributed by atoms with Crippen molar-refractivity contribution in [3.63, 3.8) is 0 Å². The number of anilines is 1. The fraction of sp³-hybridized carbons (Fsp3) is 0.500. The molecule has 1 aliphatic carbocycles. The molecule has 0 spiro atoms. The summed E-state index contributed by atoms with van der Waals surface area (Å²) in [6.45, 7) is 12.6. The van der Waals surface area contributed by atoms with Gasteiger partial charge in [0.25, 0.3) is 0 Å². The molecule has 42 heavy (non-hydrogen) atoms. The SMILES string of the molecule is CC(C)c1nnc2ccc(O[C@@H]3CC[C@H](NC(=O)Nc4cc(C(C)(C)C)nn4C4CCNCC4)c4ccccc43)cn12. The molecule has 6 rings (SSSR count). The second-order valence-corrected chi connectivity index (χ2v) is 12.9. The van der Waals surface area contributed by atoms with Crippen molar-refractivity contribution in [1.29, 1.82) is 0 Å². The predicted octanol–water partition coefficient (Wildman–Crippen LogP) is 6.05. The molecule has 0 radical (unpaired) electrons. The summed E-state index contributed by atoms with van der Waals surface area (Å²) in [6.07, 6.45) is 5.38. The number of carbonyl (C=O) groups excluding carboxylic acids is 1. The van der Waals surface area contributed by atoms with Crippen molar-refractivity contribution in [3.05, 3.63) is 71.3 Å². The highest BCUT2D eigenvalue weighted by atomic mass is 16.5. The lowest BCUT2D eigenvalue weighted by Gasteiger charge is -2.32. The molecule has 0 saturated carbocycles. The topological polar surface area (TPSA) is 110 Å². The van der Waals surface area contributed by atoms with Gasteiger partial charge < -0.3 is 15.4 Å². The highest BCUT2D eigenvalue weighted by molar-refractivity contribution is 5.88. The number of ether oxygens (including phenoxy) is 1. The van der Waals surface area contributed by atoms with Crippen LogP contribution in [0.25, 0.3) is 5.65 Å². The van der Waals surface area contributed by atoms with Gasteiger partial charge >= 0.3 is 6.03 Å². The van der Waals surface area contributed by atoms with E-state index in [4.69, 9.17) is 9.84 Å². The molecule has 222 valence electrons. The molecule has 3 N–H and O–H groups in total. The van der Waals surface area contributed by atoms with Crippen molar-refractivity contribution < 1.29 is 9.53 Å². The van der Waals surface area contributed by atoms with E-state index >= 15 is 0 Å². The minimum Gasteiger partial charge on any atom is -0.484 e. The van der Waals surface area contributed by atoms with Crippen LogP contribution in [-0.4, -0.2) is 43.5 Å². The van der Waals surface area contributed by atoms with Crippen LogP contribution in [0.3, 0.4) is 0 Å². The van der Waals surface area contributed by atoms with Gasteiger partial charge in [-0.05, 0) is 62.0 Å². The Bertz CT molecular complexity index is 1560. The number of nitrogens with zero attached hydrogens (tertiary/aromatic N) is 5. The first-order valence-corrected chi connectivity index (χ1v) is 15.2. The predicted molar refractivity (Wildman–Crippen MR) is 163 cm³/mol. The molecule has 4 aromatic rings.